The van der Waals surface area contributed by atoms with E-state index in [-0.39, 0.29) is 29.6 Å². The fourth-order valence-electron chi connectivity index (χ4n) is 4.57. The second-order valence-electron chi connectivity index (χ2n) is 10.0. The lowest BCUT2D eigenvalue weighted by atomic mass is 9.91. The summed E-state index contributed by atoms with van der Waals surface area (Å²) < 4.78 is 1.72. The summed E-state index contributed by atoms with van der Waals surface area (Å²) in [6.45, 7) is 11.0. The van der Waals surface area contributed by atoms with Crippen molar-refractivity contribution in [2.24, 2.45) is 11.3 Å². The summed E-state index contributed by atoms with van der Waals surface area (Å²) in [7, 11) is 4.09. The smallest absolute Gasteiger partial charge is 0.253 e. The van der Waals surface area contributed by atoms with Crippen molar-refractivity contribution in [3.8, 4) is 0 Å². The standard InChI is InChI=1S/C23H37N7O2S/c1-15-18(16(2)30-21(25-15)26-22(27-30)33-7)12-19(31)29-10-8-17(9-11-29)20(32)24-13-23(3,4)14-28(5)6/h17H,8-14H2,1-7H3,(H,24,32). The Balaban J connectivity index is 1.56. The zero-order valence-electron chi connectivity index (χ0n) is 20.9. The van der Waals surface area contributed by atoms with E-state index in [0.29, 0.717) is 43.4 Å². The van der Waals surface area contributed by atoms with Crippen molar-refractivity contribution >= 4 is 29.4 Å². The molecule has 0 aromatic carbocycles. The highest BCUT2D eigenvalue weighted by Crippen LogP contribution is 2.22. The SMILES string of the molecule is CSc1nc2nc(C)c(CC(=O)N3CCC(C(=O)NCC(C)(C)CN(C)C)CC3)c(C)n2n1. The van der Waals surface area contributed by atoms with Crippen LogP contribution < -0.4 is 5.32 Å². The van der Waals surface area contributed by atoms with Gasteiger partial charge in [-0.1, -0.05) is 25.6 Å². The summed E-state index contributed by atoms with van der Waals surface area (Å²) in [6, 6.07) is 0. The second-order valence-corrected chi connectivity index (χ2v) is 10.8. The molecule has 0 aliphatic carbocycles. The van der Waals surface area contributed by atoms with Gasteiger partial charge in [0, 0.05) is 49.0 Å². The molecular formula is C23H37N7O2S. The second kappa shape index (κ2) is 10.4. The summed E-state index contributed by atoms with van der Waals surface area (Å²) in [6.07, 6.45) is 3.60. The number of nitrogens with one attached hydrogen (secondary N) is 1. The van der Waals surface area contributed by atoms with Crippen LogP contribution >= 0.6 is 11.8 Å². The number of thioether (sulfide) groups is 1. The van der Waals surface area contributed by atoms with Crippen LogP contribution in [0.5, 0.6) is 0 Å². The van der Waals surface area contributed by atoms with Gasteiger partial charge in [0.1, 0.15) is 0 Å². The van der Waals surface area contributed by atoms with Crippen molar-refractivity contribution in [1.29, 1.82) is 0 Å². The molecule has 1 aliphatic heterocycles. The van der Waals surface area contributed by atoms with Crippen LogP contribution in [-0.4, -0.2) is 87.7 Å². The quantitative estimate of drug-likeness (QED) is 0.583. The Morgan fingerprint density at radius 3 is 2.45 bits per heavy atom. The van der Waals surface area contributed by atoms with Crippen LogP contribution in [-0.2, 0) is 16.0 Å². The number of fused-ring (bicyclic) bond motifs is 1. The number of hydrogen-bond donors (Lipinski definition) is 1. The van der Waals surface area contributed by atoms with Crippen LogP contribution in [0, 0.1) is 25.2 Å². The Labute approximate surface area is 200 Å². The van der Waals surface area contributed by atoms with Gasteiger partial charge in [-0.2, -0.15) is 4.98 Å². The predicted molar refractivity (Wildman–Crippen MR) is 130 cm³/mol. The molecule has 33 heavy (non-hydrogen) atoms. The third kappa shape index (κ3) is 6.23. The van der Waals surface area contributed by atoms with Gasteiger partial charge < -0.3 is 15.1 Å². The first-order valence-electron chi connectivity index (χ1n) is 11.5. The van der Waals surface area contributed by atoms with Gasteiger partial charge in [0.25, 0.3) is 5.78 Å². The predicted octanol–water partition coefficient (Wildman–Crippen LogP) is 1.95. The molecule has 9 nitrogen and oxygen atoms in total. The average molecular weight is 476 g/mol. The van der Waals surface area contributed by atoms with Crippen molar-refractivity contribution in [1.82, 2.24) is 34.7 Å². The molecule has 2 aromatic heterocycles. The third-order valence-electron chi connectivity index (χ3n) is 6.24. The van der Waals surface area contributed by atoms with Crippen molar-refractivity contribution < 1.29 is 9.59 Å². The van der Waals surface area contributed by atoms with Gasteiger partial charge in [-0.3, -0.25) is 9.59 Å². The average Bonchev–Trinajstić information content (AvgIpc) is 3.17. The molecule has 0 radical (unpaired) electrons. The van der Waals surface area contributed by atoms with E-state index in [1.54, 1.807) is 4.52 Å². The van der Waals surface area contributed by atoms with Gasteiger partial charge in [-0.15, -0.1) is 5.10 Å². The van der Waals surface area contributed by atoms with Crippen molar-refractivity contribution in [3.05, 3.63) is 17.0 Å². The number of hydrogen-bond acceptors (Lipinski definition) is 7. The largest absolute Gasteiger partial charge is 0.355 e. The Kier molecular flexibility index (Phi) is 8.00. The molecule has 2 amide bonds. The number of rotatable bonds is 8. The van der Waals surface area contributed by atoms with Gasteiger partial charge in [-0.05, 0) is 52.5 Å². The summed E-state index contributed by atoms with van der Waals surface area (Å²) in [5.41, 5.74) is 2.62. The molecular weight excluding hydrogens is 438 g/mol. The molecule has 1 fully saturated rings. The van der Waals surface area contributed by atoms with Crippen molar-refractivity contribution in [2.45, 2.75) is 52.1 Å². The summed E-state index contributed by atoms with van der Waals surface area (Å²) in [4.78, 5) is 38.7. The number of aromatic nitrogens is 4. The van der Waals surface area contributed by atoms with Crippen LogP contribution in [0.15, 0.2) is 5.16 Å². The molecule has 1 aliphatic rings. The molecule has 2 aromatic rings. The highest BCUT2D eigenvalue weighted by molar-refractivity contribution is 7.98. The maximum atomic E-state index is 13.0. The molecule has 0 unspecified atom stereocenters. The van der Waals surface area contributed by atoms with E-state index in [1.165, 1.54) is 11.8 Å². The fourth-order valence-corrected chi connectivity index (χ4v) is 4.91. The lowest BCUT2D eigenvalue weighted by Gasteiger charge is -2.33. The number of carbonyl (C=O) groups excluding carboxylic acids is 2. The maximum absolute atomic E-state index is 13.0. The number of piperidine rings is 1. The first-order valence-corrected chi connectivity index (χ1v) is 12.7. The lowest BCUT2D eigenvalue weighted by Crippen LogP contribution is -2.46. The van der Waals surface area contributed by atoms with E-state index >= 15 is 0 Å². The Morgan fingerprint density at radius 1 is 1.18 bits per heavy atom. The van der Waals surface area contributed by atoms with E-state index < -0.39 is 0 Å². The molecule has 0 saturated carbocycles. The highest BCUT2D eigenvalue weighted by Gasteiger charge is 2.29. The van der Waals surface area contributed by atoms with E-state index in [9.17, 15) is 9.59 Å². The number of amides is 2. The molecule has 3 rings (SSSR count). The van der Waals surface area contributed by atoms with Crippen LogP contribution in [0.1, 0.15) is 43.6 Å². The number of aryl methyl sites for hydroxylation is 2. The molecule has 3 heterocycles. The van der Waals surface area contributed by atoms with E-state index in [4.69, 9.17) is 0 Å². The summed E-state index contributed by atoms with van der Waals surface area (Å²) >= 11 is 1.47. The Morgan fingerprint density at radius 2 is 1.85 bits per heavy atom. The fraction of sp³-hybridized carbons (Fsp3) is 0.696. The van der Waals surface area contributed by atoms with Crippen LogP contribution in [0.3, 0.4) is 0 Å². The molecule has 1 N–H and O–H groups in total. The monoisotopic (exact) mass is 475 g/mol. The number of carbonyl (C=O) groups is 2. The van der Waals surface area contributed by atoms with Gasteiger partial charge in [0.15, 0.2) is 0 Å². The molecule has 0 bridgehead atoms. The minimum Gasteiger partial charge on any atom is -0.355 e. The van der Waals surface area contributed by atoms with Gasteiger partial charge in [0.2, 0.25) is 17.0 Å². The highest BCUT2D eigenvalue weighted by atomic mass is 32.2. The summed E-state index contributed by atoms with van der Waals surface area (Å²) in [5, 5.41) is 8.26. The molecule has 182 valence electrons. The zero-order valence-corrected chi connectivity index (χ0v) is 21.8. The molecule has 1 saturated heterocycles. The lowest BCUT2D eigenvalue weighted by molar-refractivity contribution is -0.135. The number of likely N-dealkylation sites (tertiary alicyclic amines) is 1. The van der Waals surface area contributed by atoms with E-state index in [0.717, 1.165) is 23.5 Å². The molecule has 0 atom stereocenters. The van der Waals surface area contributed by atoms with Crippen LogP contribution in [0.25, 0.3) is 5.78 Å². The van der Waals surface area contributed by atoms with Crippen LogP contribution in [0.4, 0.5) is 0 Å². The van der Waals surface area contributed by atoms with Crippen molar-refractivity contribution in [2.75, 3.05) is 46.5 Å². The van der Waals surface area contributed by atoms with Crippen molar-refractivity contribution in [3.63, 3.8) is 0 Å². The van der Waals surface area contributed by atoms with Gasteiger partial charge >= 0.3 is 0 Å². The first kappa shape index (κ1) is 25.4. The normalized spacial score (nSPS) is 15.5. The Bertz CT molecular complexity index is 1010. The topological polar surface area (TPSA) is 95.7 Å². The summed E-state index contributed by atoms with van der Waals surface area (Å²) in [5.74, 6) is 0.696. The maximum Gasteiger partial charge on any atom is 0.253 e. The Hall–Kier alpha value is -2.20. The third-order valence-corrected chi connectivity index (χ3v) is 6.78. The van der Waals surface area contributed by atoms with Gasteiger partial charge in [-0.25, -0.2) is 9.50 Å². The first-order chi connectivity index (χ1) is 15.5. The van der Waals surface area contributed by atoms with E-state index in [1.807, 2.05) is 39.1 Å². The molecule has 10 heteroatoms. The van der Waals surface area contributed by atoms with E-state index in [2.05, 4.69) is 39.1 Å². The minimum absolute atomic E-state index is 0.0152. The van der Waals surface area contributed by atoms with Gasteiger partial charge in [0.05, 0.1) is 6.42 Å². The molecule has 0 spiro atoms. The number of nitrogens with zero attached hydrogens (tertiary/aromatic N) is 6. The zero-order chi connectivity index (χ0) is 24.3. The van der Waals surface area contributed by atoms with Crippen LogP contribution in [0.2, 0.25) is 0 Å². The minimum atomic E-state index is -0.0363.